The van der Waals surface area contributed by atoms with Crippen LogP contribution in [-0.2, 0) is 7.05 Å². The van der Waals surface area contributed by atoms with Crippen LogP contribution in [0.15, 0.2) is 12.3 Å². The van der Waals surface area contributed by atoms with E-state index in [0.717, 1.165) is 0 Å². The SMILES string of the molecule is Cn1nccc1[C@H]1CCCCN1C(C)(C)C. The smallest absolute Gasteiger partial charge is 0.0552 e. The number of aryl methyl sites for hydroxylation is 1. The van der Waals surface area contributed by atoms with Crippen LogP contribution in [0.2, 0.25) is 0 Å². The van der Waals surface area contributed by atoms with Gasteiger partial charge in [0.1, 0.15) is 0 Å². The van der Waals surface area contributed by atoms with Gasteiger partial charge in [-0.05, 0) is 46.2 Å². The molecule has 0 bridgehead atoms. The molecule has 1 aromatic rings. The Morgan fingerprint density at radius 3 is 2.62 bits per heavy atom. The van der Waals surface area contributed by atoms with Crippen LogP contribution in [0, 0.1) is 0 Å². The first-order chi connectivity index (χ1) is 7.50. The highest BCUT2D eigenvalue weighted by atomic mass is 15.3. The van der Waals surface area contributed by atoms with Crippen molar-refractivity contribution >= 4 is 0 Å². The molecule has 1 aliphatic heterocycles. The van der Waals surface area contributed by atoms with Gasteiger partial charge in [0.25, 0.3) is 0 Å². The standard InChI is InChI=1S/C13H23N3/c1-13(2,3)16-10-6-5-7-12(16)11-8-9-14-15(11)4/h8-9,12H,5-7,10H2,1-4H3/t12-/m1/s1. The van der Waals surface area contributed by atoms with Gasteiger partial charge in [-0.2, -0.15) is 5.10 Å². The average molecular weight is 221 g/mol. The monoisotopic (exact) mass is 221 g/mol. The lowest BCUT2D eigenvalue weighted by molar-refractivity contribution is 0.0469. The van der Waals surface area contributed by atoms with Crippen LogP contribution >= 0.6 is 0 Å². The van der Waals surface area contributed by atoms with Gasteiger partial charge in [-0.1, -0.05) is 6.42 Å². The summed E-state index contributed by atoms with van der Waals surface area (Å²) in [7, 11) is 2.05. The minimum atomic E-state index is 0.245. The van der Waals surface area contributed by atoms with Gasteiger partial charge in [-0.25, -0.2) is 0 Å². The summed E-state index contributed by atoms with van der Waals surface area (Å²) in [5.74, 6) is 0. The third-order valence-corrected chi connectivity index (χ3v) is 3.56. The molecule has 0 aromatic carbocycles. The molecule has 0 N–H and O–H groups in total. The van der Waals surface area contributed by atoms with Crippen LogP contribution in [0.3, 0.4) is 0 Å². The Hall–Kier alpha value is -0.830. The molecule has 0 spiro atoms. The van der Waals surface area contributed by atoms with Crippen LogP contribution < -0.4 is 0 Å². The molecule has 16 heavy (non-hydrogen) atoms. The third kappa shape index (κ3) is 2.14. The second kappa shape index (κ2) is 4.21. The predicted molar refractivity (Wildman–Crippen MR) is 66.3 cm³/mol. The first kappa shape index (κ1) is 11.6. The first-order valence-electron chi connectivity index (χ1n) is 6.25. The lowest BCUT2D eigenvalue weighted by Crippen LogP contribution is -2.46. The quantitative estimate of drug-likeness (QED) is 0.727. The minimum absolute atomic E-state index is 0.245. The summed E-state index contributed by atoms with van der Waals surface area (Å²) in [5, 5.41) is 4.30. The highest BCUT2D eigenvalue weighted by Crippen LogP contribution is 2.35. The van der Waals surface area contributed by atoms with Crippen molar-refractivity contribution in [1.82, 2.24) is 14.7 Å². The summed E-state index contributed by atoms with van der Waals surface area (Å²) < 4.78 is 2.02. The zero-order chi connectivity index (χ0) is 11.8. The van der Waals surface area contributed by atoms with Gasteiger partial charge in [-0.3, -0.25) is 9.58 Å². The number of piperidine rings is 1. The molecule has 0 saturated carbocycles. The molecule has 90 valence electrons. The van der Waals surface area contributed by atoms with E-state index < -0.39 is 0 Å². The number of likely N-dealkylation sites (tertiary alicyclic amines) is 1. The van der Waals surface area contributed by atoms with E-state index in [0.29, 0.717) is 6.04 Å². The molecule has 2 heterocycles. The van der Waals surface area contributed by atoms with Crippen LogP contribution in [0.5, 0.6) is 0 Å². The first-order valence-corrected chi connectivity index (χ1v) is 6.25. The molecular formula is C13H23N3. The lowest BCUT2D eigenvalue weighted by atomic mass is 9.93. The average Bonchev–Trinajstić information content (AvgIpc) is 2.63. The zero-order valence-corrected chi connectivity index (χ0v) is 10.9. The van der Waals surface area contributed by atoms with Crippen LogP contribution in [0.4, 0.5) is 0 Å². The molecule has 1 aliphatic rings. The molecule has 1 aromatic heterocycles. The summed E-state index contributed by atoms with van der Waals surface area (Å²) in [4.78, 5) is 2.62. The van der Waals surface area contributed by atoms with E-state index >= 15 is 0 Å². The Kier molecular flexibility index (Phi) is 3.06. The highest BCUT2D eigenvalue weighted by molar-refractivity contribution is 5.09. The van der Waals surface area contributed by atoms with E-state index in [9.17, 15) is 0 Å². The Morgan fingerprint density at radius 2 is 2.06 bits per heavy atom. The van der Waals surface area contributed by atoms with Crippen molar-refractivity contribution in [3.63, 3.8) is 0 Å². The van der Waals surface area contributed by atoms with Crippen molar-refractivity contribution in [3.05, 3.63) is 18.0 Å². The van der Waals surface area contributed by atoms with E-state index in [1.54, 1.807) is 0 Å². The molecule has 2 rings (SSSR count). The largest absolute Gasteiger partial charge is 0.290 e. The van der Waals surface area contributed by atoms with Crippen LogP contribution in [0.1, 0.15) is 51.8 Å². The highest BCUT2D eigenvalue weighted by Gasteiger charge is 2.33. The van der Waals surface area contributed by atoms with E-state index in [4.69, 9.17) is 0 Å². The Morgan fingerprint density at radius 1 is 1.31 bits per heavy atom. The lowest BCUT2D eigenvalue weighted by Gasteiger charge is -2.44. The molecule has 3 nitrogen and oxygen atoms in total. The molecule has 0 unspecified atom stereocenters. The normalized spacial score (nSPS) is 23.6. The van der Waals surface area contributed by atoms with E-state index in [1.807, 2.05) is 17.9 Å². The maximum absolute atomic E-state index is 4.30. The minimum Gasteiger partial charge on any atom is -0.290 e. The molecule has 1 saturated heterocycles. The van der Waals surface area contributed by atoms with Crippen LogP contribution in [0.25, 0.3) is 0 Å². The molecule has 3 heteroatoms. The number of hydrogen-bond acceptors (Lipinski definition) is 2. The van der Waals surface area contributed by atoms with E-state index in [1.165, 1.54) is 31.5 Å². The van der Waals surface area contributed by atoms with Gasteiger partial charge in [0.2, 0.25) is 0 Å². The molecule has 0 aliphatic carbocycles. The number of nitrogens with zero attached hydrogens (tertiary/aromatic N) is 3. The maximum Gasteiger partial charge on any atom is 0.0552 e. The van der Waals surface area contributed by atoms with Crippen molar-refractivity contribution in [2.45, 2.75) is 51.6 Å². The van der Waals surface area contributed by atoms with Crippen molar-refractivity contribution < 1.29 is 0 Å². The predicted octanol–water partition coefficient (Wildman–Crippen LogP) is 2.75. The number of aromatic nitrogens is 2. The summed E-state index contributed by atoms with van der Waals surface area (Å²) in [5.41, 5.74) is 1.60. The molecule has 1 atom stereocenters. The summed E-state index contributed by atoms with van der Waals surface area (Å²) in [6.45, 7) is 8.13. The summed E-state index contributed by atoms with van der Waals surface area (Å²) >= 11 is 0. The second-order valence-corrected chi connectivity index (χ2v) is 5.76. The zero-order valence-electron chi connectivity index (χ0n) is 10.9. The Bertz CT molecular complexity index is 348. The van der Waals surface area contributed by atoms with Crippen molar-refractivity contribution in [3.8, 4) is 0 Å². The number of rotatable bonds is 1. The van der Waals surface area contributed by atoms with Gasteiger partial charge in [0.15, 0.2) is 0 Å². The maximum atomic E-state index is 4.30. The second-order valence-electron chi connectivity index (χ2n) is 5.76. The third-order valence-electron chi connectivity index (χ3n) is 3.56. The van der Waals surface area contributed by atoms with E-state index in [2.05, 4.69) is 36.8 Å². The molecule has 0 amide bonds. The van der Waals surface area contributed by atoms with Gasteiger partial charge < -0.3 is 0 Å². The van der Waals surface area contributed by atoms with Gasteiger partial charge in [0, 0.05) is 18.8 Å². The molecule has 1 fully saturated rings. The number of hydrogen-bond donors (Lipinski definition) is 0. The molecule has 0 radical (unpaired) electrons. The van der Waals surface area contributed by atoms with Gasteiger partial charge in [-0.15, -0.1) is 0 Å². The Balaban J connectivity index is 2.27. The fraction of sp³-hybridized carbons (Fsp3) is 0.769. The molecular weight excluding hydrogens is 198 g/mol. The Labute approximate surface area is 98.4 Å². The summed E-state index contributed by atoms with van der Waals surface area (Å²) in [6, 6.07) is 2.70. The summed E-state index contributed by atoms with van der Waals surface area (Å²) in [6.07, 6.45) is 5.83. The van der Waals surface area contributed by atoms with Crippen molar-refractivity contribution in [2.24, 2.45) is 7.05 Å². The van der Waals surface area contributed by atoms with Crippen molar-refractivity contribution in [1.29, 1.82) is 0 Å². The fourth-order valence-electron chi connectivity index (χ4n) is 2.75. The van der Waals surface area contributed by atoms with Crippen LogP contribution in [-0.4, -0.2) is 26.8 Å². The van der Waals surface area contributed by atoms with Crippen molar-refractivity contribution in [2.75, 3.05) is 6.54 Å². The fourth-order valence-corrected chi connectivity index (χ4v) is 2.75. The van der Waals surface area contributed by atoms with E-state index in [-0.39, 0.29) is 5.54 Å². The van der Waals surface area contributed by atoms with Gasteiger partial charge in [0.05, 0.1) is 11.7 Å². The topological polar surface area (TPSA) is 21.1 Å². The van der Waals surface area contributed by atoms with Gasteiger partial charge >= 0.3 is 0 Å².